The van der Waals surface area contributed by atoms with Gasteiger partial charge in [-0.1, -0.05) is 12.1 Å². The number of benzene rings is 1. The van der Waals surface area contributed by atoms with E-state index in [0.29, 0.717) is 17.6 Å². The van der Waals surface area contributed by atoms with E-state index in [-0.39, 0.29) is 23.9 Å². The lowest BCUT2D eigenvalue weighted by Gasteiger charge is -2.09. The van der Waals surface area contributed by atoms with Crippen LogP contribution in [0, 0.1) is 0 Å². The molecule has 108 valence electrons. The maximum absolute atomic E-state index is 11.8. The van der Waals surface area contributed by atoms with Crippen molar-refractivity contribution in [1.82, 2.24) is 0 Å². The summed E-state index contributed by atoms with van der Waals surface area (Å²) in [6.07, 6.45) is 1.92. The number of halogens is 1. The number of ether oxygens (including phenoxy) is 2. The number of fused-ring (bicyclic) bond motifs is 1. The summed E-state index contributed by atoms with van der Waals surface area (Å²) in [5.41, 5.74) is 0.932. The Morgan fingerprint density at radius 2 is 2.20 bits per heavy atom. The van der Waals surface area contributed by atoms with Crippen molar-refractivity contribution in [3.63, 3.8) is 0 Å². The number of carbonyl (C=O) groups is 1. The molecular weight excluding hydrogens is 304 g/mol. The van der Waals surface area contributed by atoms with Gasteiger partial charge in [-0.3, -0.25) is 0 Å². The summed E-state index contributed by atoms with van der Waals surface area (Å²) in [6.45, 7) is 2.18. The Bertz CT molecular complexity index is 663. The van der Waals surface area contributed by atoms with Crippen LogP contribution in [-0.4, -0.2) is 27.6 Å². The van der Waals surface area contributed by atoms with Gasteiger partial charge in [0.1, 0.15) is 10.6 Å². The minimum atomic E-state index is -3.91. The highest BCUT2D eigenvalue weighted by molar-refractivity contribution is 8.13. The Kier molecular flexibility index (Phi) is 4.35. The zero-order valence-corrected chi connectivity index (χ0v) is 12.3. The summed E-state index contributed by atoms with van der Waals surface area (Å²) in [5, 5.41) is 0. The molecule has 7 heteroatoms. The maximum atomic E-state index is 11.8. The Morgan fingerprint density at radius 1 is 1.45 bits per heavy atom. The molecule has 0 atom stereocenters. The van der Waals surface area contributed by atoms with Gasteiger partial charge in [-0.25, -0.2) is 13.2 Å². The van der Waals surface area contributed by atoms with E-state index in [1.165, 1.54) is 6.07 Å². The zero-order valence-electron chi connectivity index (χ0n) is 10.8. The van der Waals surface area contributed by atoms with E-state index in [2.05, 4.69) is 0 Å². The van der Waals surface area contributed by atoms with E-state index in [9.17, 15) is 13.2 Å². The number of hydrogen-bond donors (Lipinski definition) is 0. The molecule has 0 saturated carbocycles. The molecule has 1 heterocycles. The lowest BCUT2D eigenvalue weighted by atomic mass is 10.1. The Balaban J connectivity index is 2.50. The molecule has 0 N–H and O–H groups in total. The van der Waals surface area contributed by atoms with Crippen molar-refractivity contribution in [2.75, 3.05) is 13.2 Å². The third kappa shape index (κ3) is 3.13. The third-order valence-electron chi connectivity index (χ3n) is 2.76. The van der Waals surface area contributed by atoms with Gasteiger partial charge in [0.05, 0.1) is 13.2 Å². The van der Waals surface area contributed by atoms with Crippen LogP contribution in [0.25, 0.3) is 6.08 Å². The van der Waals surface area contributed by atoms with E-state index in [0.717, 1.165) is 0 Å². The van der Waals surface area contributed by atoms with Gasteiger partial charge in [0.25, 0.3) is 9.05 Å². The SMILES string of the molecule is CCOC(=O)C1=Cc2cccc(S(=O)(=O)Cl)c2OCC1. The second kappa shape index (κ2) is 5.85. The highest BCUT2D eigenvalue weighted by Gasteiger charge is 2.23. The fraction of sp³-hybridized carbons (Fsp3) is 0.308. The average Bonchev–Trinajstić information content (AvgIpc) is 2.59. The molecule has 0 saturated heterocycles. The van der Waals surface area contributed by atoms with Crippen LogP contribution in [0.2, 0.25) is 0 Å². The molecule has 20 heavy (non-hydrogen) atoms. The van der Waals surface area contributed by atoms with Gasteiger partial charge in [0, 0.05) is 28.2 Å². The van der Waals surface area contributed by atoms with Crippen molar-refractivity contribution in [2.24, 2.45) is 0 Å². The molecule has 0 radical (unpaired) electrons. The highest BCUT2D eigenvalue weighted by Crippen LogP contribution is 2.34. The molecule has 0 aromatic heterocycles. The molecule has 0 fully saturated rings. The average molecular weight is 317 g/mol. The van der Waals surface area contributed by atoms with E-state index in [4.69, 9.17) is 20.2 Å². The van der Waals surface area contributed by atoms with Gasteiger partial charge in [-0.2, -0.15) is 0 Å². The molecule has 0 bridgehead atoms. The van der Waals surface area contributed by atoms with Crippen LogP contribution in [0.5, 0.6) is 5.75 Å². The summed E-state index contributed by atoms with van der Waals surface area (Å²) in [5.74, 6) is -0.259. The van der Waals surface area contributed by atoms with Crippen LogP contribution < -0.4 is 4.74 Å². The van der Waals surface area contributed by atoms with Crippen molar-refractivity contribution >= 4 is 31.8 Å². The fourth-order valence-corrected chi connectivity index (χ4v) is 2.90. The summed E-state index contributed by atoms with van der Waals surface area (Å²) in [7, 11) is 1.47. The van der Waals surface area contributed by atoms with Crippen molar-refractivity contribution in [3.8, 4) is 5.75 Å². The second-order valence-corrected chi connectivity index (χ2v) is 6.64. The third-order valence-corrected chi connectivity index (χ3v) is 4.10. The Hall–Kier alpha value is -1.53. The van der Waals surface area contributed by atoms with Gasteiger partial charge in [0.2, 0.25) is 0 Å². The zero-order chi connectivity index (χ0) is 14.8. The molecule has 1 aliphatic heterocycles. The molecule has 2 rings (SSSR count). The van der Waals surface area contributed by atoms with Crippen LogP contribution in [0.3, 0.4) is 0 Å². The van der Waals surface area contributed by atoms with E-state index in [1.54, 1.807) is 25.1 Å². The van der Waals surface area contributed by atoms with Gasteiger partial charge < -0.3 is 9.47 Å². The number of hydrogen-bond acceptors (Lipinski definition) is 5. The minimum Gasteiger partial charge on any atom is -0.491 e. The van der Waals surface area contributed by atoms with Gasteiger partial charge in [-0.05, 0) is 19.1 Å². The fourth-order valence-electron chi connectivity index (χ4n) is 1.90. The summed E-state index contributed by atoms with van der Waals surface area (Å²) in [4.78, 5) is 11.7. The lowest BCUT2D eigenvalue weighted by molar-refractivity contribution is -0.138. The minimum absolute atomic E-state index is 0.0991. The largest absolute Gasteiger partial charge is 0.491 e. The van der Waals surface area contributed by atoms with Crippen molar-refractivity contribution in [1.29, 1.82) is 0 Å². The van der Waals surface area contributed by atoms with E-state index < -0.39 is 15.0 Å². The first-order chi connectivity index (χ1) is 9.43. The molecule has 0 spiro atoms. The lowest BCUT2D eigenvalue weighted by Crippen LogP contribution is -2.09. The molecule has 1 aromatic rings. The van der Waals surface area contributed by atoms with Crippen LogP contribution >= 0.6 is 10.7 Å². The number of rotatable bonds is 3. The van der Waals surface area contributed by atoms with Crippen LogP contribution in [0.1, 0.15) is 18.9 Å². The molecule has 0 aliphatic carbocycles. The van der Waals surface area contributed by atoms with Crippen LogP contribution in [-0.2, 0) is 18.6 Å². The smallest absolute Gasteiger partial charge is 0.334 e. The number of carbonyl (C=O) groups excluding carboxylic acids is 1. The Labute approximate surface area is 121 Å². The monoisotopic (exact) mass is 316 g/mol. The van der Waals surface area contributed by atoms with Crippen molar-refractivity contribution in [2.45, 2.75) is 18.2 Å². The standard InChI is InChI=1S/C13H13ClO5S/c1-2-18-13(15)10-6-7-19-12-9(8-10)4-3-5-11(12)20(14,16)17/h3-5,8H,2,6-7H2,1H3. The molecule has 0 unspecified atom stereocenters. The van der Waals surface area contributed by atoms with Crippen LogP contribution in [0.4, 0.5) is 0 Å². The predicted octanol–water partition coefficient (Wildman–Crippen LogP) is 2.34. The summed E-state index contributed by atoms with van der Waals surface area (Å²) >= 11 is 0. The molecule has 0 amide bonds. The molecule has 1 aromatic carbocycles. The predicted molar refractivity (Wildman–Crippen MR) is 74.2 cm³/mol. The topological polar surface area (TPSA) is 69.7 Å². The van der Waals surface area contributed by atoms with E-state index in [1.807, 2.05) is 0 Å². The highest BCUT2D eigenvalue weighted by atomic mass is 35.7. The van der Waals surface area contributed by atoms with Gasteiger partial charge in [-0.15, -0.1) is 0 Å². The second-order valence-electron chi connectivity index (χ2n) is 4.10. The van der Waals surface area contributed by atoms with Gasteiger partial charge >= 0.3 is 5.97 Å². The maximum Gasteiger partial charge on any atom is 0.334 e. The first-order valence-electron chi connectivity index (χ1n) is 6.01. The molecule has 5 nitrogen and oxygen atoms in total. The van der Waals surface area contributed by atoms with Crippen molar-refractivity contribution < 1.29 is 22.7 Å². The number of para-hydroxylation sites is 1. The summed E-state index contributed by atoms with van der Waals surface area (Å²) in [6, 6.07) is 4.57. The normalized spacial score (nSPS) is 14.6. The molecular formula is C13H13ClO5S. The molecule has 1 aliphatic rings. The quantitative estimate of drug-likeness (QED) is 0.632. The van der Waals surface area contributed by atoms with E-state index >= 15 is 0 Å². The summed E-state index contributed by atoms with van der Waals surface area (Å²) < 4.78 is 33.4. The Morgan fingerprint density at radius 3 is 2.85 bits per heavy atom. The number of esters is 1. The van der Waals surface area contributed by atoms with Gasteiger partial charge in [0.15, 0.2) is 0 Å². The van der Waals surface area contributed by atoms with Crippen LogP contribution in [0.15, 0.2) is 28.7 Å². The first kappa shape index (κ1) is 14.9. The van der Waals surface area contributed by atoms with Crippen molar-refractivity contribution in [3.05, 3.63) is 29.3 Å². The first-order valence-corrected chi connectivity index (χ1v) is 8.32.